The maximum absolute atomic E-state index is 4.93. The summed E-state index contributed by atoms with van der Waals surface area (Å²) >= 11 is -0.826. The molecule has 0 heterocycles. The first-order chi connectivity index (χ1) is 23.5. The van der Waals surface area contributed by atoms with E-state index in [4.69, 9.17) is 17.0 Å². The van der Waals surface area contributed by atoms with Crippen LogP contribution in [0.4, 0.5) is 0 Å². The van der Waals surface area contributed by atoms with Crippen molar-refractivity contribution in [2.75, 3.05) is 0 Å². The van der Waals surface area contributed by atoms with Crippen molar-refractivity contribution >= 4 is 48.1 Å². The van der Waals surface area contributed by atoms with Gasteiger partial charge >= 0.3 is 37.9 Å². The van der Waals surface area contributed by atoms with Gasteiger partial charge in [-0.25, -0.2) is 0 Å². The Morgan fingerprint density at radius 3 is 1.67 bits per heavy atom. The molecule has 1 aliphatic rings. The van der Waals surface area contributed by atoms with Gasteiger partial charge in [0.15, 0.2) is 0 Å². The van der Waals surface area contributed by atoms with Gasteiger partial charge in [0.1, 0.15) is 0 Å². The van der Waals surface area contributed by atoms with Crippen LogP contribution in [0.2, 0.25) is 13.1 Å². The number of rotatable bonds is 4. The molecule has 49 heavy (non-hydrogen) atoms. The van der Waals surface area contributed by atoms with E-state index in [0.717, 1.165) is 15.4 Å². The fraction of sp³-hybridized carbons (Fsp3) is 0.333. The molecule has 2 radical (unpaired) electrons. The second-order valence-electron chi connectivity index (χ2n) is 14.6. The zero-order valence-electron chi connectivity index (χ0n) is 30.6. The van der Waals surface area contributed by atoms with E-state index >= 15 is 0 Å². The summed E-state index contributed by atoms with van der Waals surface area (Å²) in [5.41, 5.74) is 11.2. The van der Waals surface area contributed by atoms with Gasteiger partial charge in [0.05, 0.1) is 0 Å². The molecule has 0 saturated heterocycles. The first-order valence-corrected chi connectivity index (χ1v) is 25.9. The number of benzene rings is 4. The van der Waals surface area contributed by atoms with Gasteiger partial charge in [0.25, 0.3) is 0 Å². The normalized spacial score (nSPS) is 12.9. The Morgan fingerprint density at radius 2 is 1.18 bits per heavy atom. The summed E-state index contributed by atoms with van der Waals surface area (Å²) in [6.45, 7) is 17.7. The van der Waals surface area contributed by atoms with Gasteiger partial charge in [-0.05, 0) is 52.3 Å². The fourth-order valence-corrected chi connectivity index (χ4v) is 6.84. The van der Waals surface area contributed by atoms with Crippen molar-refractivity contribution in [2.45, 2.75) is 97.6 Å². The molecule has 0 nitrogen and oxygen atoms in total. The average molecular weight is 783 g/mol. The quantitative estimate of drug-likeness (QED) is 0.123. The van der Waals surface area contributed by atoms with Gasteiger partial charge in [-0.2, -0.15) is 12.1 Å². The first kappa shape index (κ1) is 39.6. The molecule has 0 spiro atoms. The predicted molar refractivity (Wildman–Crippen MR) is 218 cm³/mol. The van der Waals surface area contributed by atoms with Crippen LogP contribution in [0.15, 0.2) is 109 Å². The van der Waals surface area contributed by atoms with Crippen LogP contribution in [-0.2, 0) is 26.3 Å². The number of aryl methyl sites for hydroxylation is 1. The number of halogens is 2. The van der Waals surface area contributed by atoms with E-state index in [1.807, 2.05) is 0 Å². The summed E-state index contributed by atoms with van der Waals surface area (Å²) in [6.07, 6.45) is 5.53. The molecule has 0 bridgehead atoms. The summed E-state index contributed by atoms with van der Waals surface area (Å²) in [6, 6.07) is 40.8. The molecule has 6 aromatic carbocycles. The predicted octanol–water partition coefficient (Wildman–Crippen LogP) is 15.0. The van der Waals surface area contributed by atoms with Crippen LogP contribution in [0.1, 0.15) is 94.4 Å². The molecule has 0 atom stereocenters. The van der Waals surface area contributed by atoms with E-state index in [9.17, 15) is 0 Å². The van der Waals surface area contributed by atoms with Crippen molar-refractivity contribution in [2.24, 2.45) is 0 Å². The Kier molecular flexibility index (Phi) is 15.2. The van der Waals surface area contributed by atoms with Gasteiger partial charge < -0.3 is 0 Å². The molecule has 0 aromatic heterocycles. The number of hydrogen-bond acceptors (Lipinski definition) is 0. The molecule has 254 valence electrons. The molecule has 0 amide bonds. The Morgan fingerprint density at radius 1 is 0.714 bits per heavy atom. The van der Waals surface area contributed by atoms with Crippen molar-refractivity contribution in [3.8, 4) is 22.3 Å². The van der Waals surface area contributed by atoms with Crippen LogP contribution in [0.5, 0.6) is 0 Å². The van der Waals surface area contributed by atoms with Crippen molar-refractivity contribution in [1.29, 1.82) is 0 Å². The third-order valence-electron chi connectivity index (χ3n) is 9.44. The van der Waals surface area contributed by atoms with E-state index < -0.39 is 20.8 Å². The summed E-state index contributed by atoms with van der Waals surface area (Å²) in [5, 5.41) is 5.51. The SMILES string of the molecule is CC(C)(C)c1ccc(-c2cccc3[cH-]c(C4CCCC4)cc23)cc1.C[Si]C.Cc1cc2c(-c3ccc(C(C)C)cc3)cccc2[cH-]1.[Cl][Zr+2][Cl]. The van der Waals surface area contributed by atoms with Crippen molar-refractivity contribution in [3.63, 3.8) is 0 Å². The van der Waals surface area contributed by atoms with Gasteiger partial charge in [0, 0.05) is 9.52 Å². The van der Waals surface area contributed by atoms with Gasteiger partial charge in [-0.1, -0.05) is 139 Å². The Balaban J connectivity index is 0.000000194. The molecule has 1 saturated carbocycles. The van der Waals surface area contributed by atoms with Gasteiger partial charge in [-0.3, -0.25) is 0 Å². The number of fused-ring (bicyclic) bond motifs is 2. The minimum absolute atomic E-state index is 0.209. The standard InChI is InChI=1S/C24H27.C19H19.C2H6Si.2ClH.Zr/c1-24(2,3)21-13-11-18(12-14-21)22-10-6-9-19-15-20(16-23(19)22)17-7-4-5-8-17;1-13(2)15-7-9-16(10-8-15)18-6-4-5-17-11-14(3)12-19(17)18;1-3-2;;;/h6,9-17H,4-5,7-8H2,1-3H3;4-13H,1-3H3;1-2H3;2*1H;/q2*-1;;;;+4/p-2. The molecule has 7 rings (SSSR count). The van der Waals surface area contributed by atoms with E-state index in [1.54, 1.807) is 5.56 Å². The summed E-state index contributed by atoms with van der Waals surface area (Å²) < 4.78 is 0. The zero-order chi connectivity index (χ0) is 35.6. The van der Waals surface area contributed by atoms with Crippen molar-refractivity contribution in [3.05, 3.63) is 131 Å². The van der Waals surface area contributed by atoms with Crippen molar-refractivity contribution < 1.29 is 20.8 Å². The molecule has 4 heteroatoms. The molecule has 0 unspecified atom stereocenters. The molecular formula is C45H52Cl2SiZr. The summed E-state index contributed by atoms with van der Waals surface area (Å²) in [7, 11) is 11.0. The topological polar surface area (TPSA) is 0 Å². The van der Waals surface area contributed by atoms with E-state index in [0.29, 0.717) is 5.92 Å². The third kappa shape index (κ3) is 10.6. The van der Waals surface area contributed by atoms with Crippen LogP contribution in [0.3, 0.4) is 0 Å². The fourth-order valence-electron chi connectivity index (χ4n) is 6.84. The van der Waals surface area contributed by atoms with Crippen LogP contribution in [0, 0.1) is 6.92 Å². The van der Waals surface area contributed by atoms with Crippen molar-refractivity contribution in [1.82, 2.24) is 0 Å². The molecule has 1 aliphatic carbocycles. The van der Waals surface area contributed by atoms with Gasteiger partial charge in [-0.15, -0.1) is 69.1 Å². The molecular weight excluding hydrogens is 731 g/mol. The molecule has 0 aliphatic heterocycles. The van der Waals surface area contributed by atoms with E-state index in [1.165, 1.54) is 86.2 Å². The molecule has 6 aromatic rings. The monoisotopic (exact) mass is 780 g/mol. The maximum atomic E-state index is 4.93. The Labute approximate surface area is 317 Å². The minimum atomic E-state index is -0.826. The second-order valence-corrected chi connectivity index (χ2v) is 19.3. The van der Waals surface area contributed by atoms with Crippen LogP contribution < -0.4 is 0 Å². The number of hydrogen-bond donors (Lipinski definition) is 0. The van der Waals surface area contributed by atoms with Crippen LogP contribution >= 0.6 is 17.0 Å². The third-order valence-corrected chi connectivity index (χ3v) is 9.44. The van der Waals surface area contributed by atoms with Crippen LogP contribution in [0.25, 0.3) is 43.8 Å². The average Bonchev–Trinajstić information content (AvgIpc) is 3.85. The zero-order valence-corrected chi connectivity index (χ0v) is 35.6. The van der Waals surface area contributed by atoms with Crippen LogP contribution in [-0.4, -0.2) is 9.52 Å². The Hall–Kier alpha value is -2.22. The molecule has 1 fully saturated rings. The van der Waals surface area contributed by atoms with Gasteiger partial charge in [0.2, 0.25) is 0 Å². The van der Waals surface area contributed by atoms with E-state index in [2.05, 4.69) is 164 Å². The summed E-state index contributed by atoms with van der Waals surface area (Å²) in [5.74, 6) is 1.37. The summed E-state index contributed by atoms with van der Waals surface area (Å²) in [4.78, 5) is 0. The second kappa shape index (κ2) is 18.9. The first-order valence-electron chi connectivity index (χ1n) is 17.6. The van der Waals surface area contributed by atoms with E-state index in [-0.39, 0.29) is 5.41 Å². The molecule has 0 N–H and O–H groups in total. The Bertz CT molecular complexity index is 1860.